The number of aryl methyl sites for hydroxylation is 2. The number of rotatable bonds is 8. The minimum absolute atomic E-state index is 0.0394. The summed E-state index contributed by atoms with van der Waals surface area (Å²) in [5.41, 5.74) is 13.7. The summed E-state index contributed by atoms with van der Waals surface area (Å²) in [5.74, 6) is 0.0977. The first-order valence-electron chi connectivity index (χ1n) is 10.1. The SMILES string of the molecule is CC(=O)Nc1nc(CCc2ccc(N=C(N)N)cc2)c(CN2CCC(C=O)CC2)s1. The smallest absolute Gasteiger partial charge is 0.223 e. The fourth-order valence-electron chi connectivity index (χ4n) is 3.51. The monoisotopic (exact) mass is 428 g/mol. The normalized spacial score (nSPS) is 15.0. The van der Waals surface area contributed by atoms with Crippen LogP contribution in [-0.4, -0.2) is 41.1 Å². The number of nitrogens with two attached hydrogens (primary N) is 2. The summed E-state index contributed by atoms with van der Waals surface area (Å²) in [7, 11) is 0. The molecule has 0 spiro atoms. The molecule has 3 rings (SSSR count). The Balaban J connectivity index is 1.67. The number of aromatic nitrogens is 1. The zero-order valence-electron chi connectivity index (χ0n) is 17.1. The molecule has 30 heavy (non-hydrogen) atoms. The topological polar surface area (TPSA) is 127 Å². The van der Waals surface area contributed by atoms with Crippen LogP contribution in [0.5, 0.6) is 0 Å². The molecule has 1 aromatic carbocycles. The number of nitrogens with one attached hydrogen (secondary N) is 1. The highest BCUT2D eigenvalue weighted by molar-refractivity contribution is 7.15. The van der Waals surface area contributed by atoms with Gasteiger partial charge in [-0.25, -0.2) is 9.98 Å². The van der Waals surface area contributed by atoms with Crippen LogP contribution < -0.4 is 16.8 Å². The van der Waals surface area contributed by atoms with Crippen LogP contribution in [0.25, 0.3) is 0 Å². The third-order valence-corrected chi connectivity index (χ3v) is 6.10. The van der Waals surface area contributed by atoms with Gasteiger partial charge < -0.3 is 21.6 Å². The number of benzene rings is 1. The molecule has 2 heterocycles. The summed E-state index contributed by atoms with van der Waals surface area (Å²) in [6.07, 6.45) is 4.48. The number of hydrogen-bond donors (Lipinski definition) is 3. The van der Waals surface area contributed by atoms with E-state index in [1.54, 1.807) is 0 Å². The molecule has 1 amide bonds. The van der Waals surface area contributed by atoms with E-state index in [1.807, 2.05) is 24.3 Å². The molecule has 9 heteroatoms. The first-order chi connectivity index (χ1) is 14.4. The van der Waals surface area contributed by atoms with Crippen LogP contribution in [0.1, 0.15) is 35.9 Å². The molecule has 1 aromatic heterocycles. The van der Waals surface area contributed by atoms with Crippen LogP contribution in [0, 0.1) is 5.92 Å². The average Bonchev–Trinajstić information content (AvgIpc) is 3.08. The van der Waals surface area contributed by atoms with Crippen molar-refractivity contribution >= 4 is 40.3 Å². The summed E-state index contributed by atoms with van der Waals surface area (Å²) in [5, 5.41) is 3.45. The minimum Gasteiger partial charge on any atom is -0.370 e. The summed E-state index contributed by atoms with van der Waals surface area (Å²) in [6, 6.07) is 7.79. The molecule has 1 aliphatic rings. The van der Waals surface area contributed by atoms with Gasteiger partial charge >= 0.3 is 0 Å². The van der Waals surface area contributed by atoms with E-state index in [1.165, 1.54) is 23.1 Å². The summed E-state index contributed by atoms with van der Waals surface area (Å²) in [6.45, 7) is 4.09. The Morgan fingerprint density at radius 1 is 1.27 bits per heavy atom. The van der Waals surface area contributed by atoms with E-state index in [-0.39, 0.29) is 17.8 Å². The second-order valence-corrected chi connectivity index (χ2v) is 8.61. The van der Waals surface area contributed by atoms with Gasteiger partial charge in [-0.1, -0.05) is 12.1 Å². The number of aliphatic imine (C=N–C) groups is 1. The molecule has 1 saturated heterocycles. The molecular formula is C21H28N6O2S. The van der Waals surface area contributed by atoms with Crippen molar-refractivity contribution in [3.05, 3.63) is 40.4 Å². The van der Waals surface area contributed by atoms with E-state index in [0.717, 1.165) is 68.5 Å². The zero-order chi connectivity index (χ0) is 21.5. The molecule has 2 aromatic rings. The van der Waals surface area contributed by atoms with Gasteiger partial charge in [0.25, 0.3) is 0 Å². The molecular weight excluding hydrogens is 400 g/mol. The lowest BCUT2D eigenvalue weighted by atomic mass is 9.98. The Kier molecular flexibility index (Phi) is 7.53. The van der Waals surface area contributed by atoms with E-state index < -0.39 is 0 Å². The number of thiazole rings is 1. The lowest BCUT2D eigenvalue weighted by Gasteiger charge is -2.29. The number of amides is 1. The van der Waals surface area contributed by atoms with Gasteiger partial charge in [0.1, 0.15) is 6.29 Å². The number of anilines is 1. The molecule has 160 valence electrons. The molecule has 1 aliphatic heterocycles. The highest BCUT2D eigenvalue weighted by Crippen LogP contribution is 2.28. The first-order valence-corrected chi connectivity index (χ1v) is 10.9. The Bertz CT molecular complexity index is 897. The predicted octanol–water partition coefficient (Wildman–Crippen LogP) is 2.20. The van der Waals surface area contributed by atoms with Gasteiger partial charge in [-0.2, -0.15) is 0 Å². The van der Waals surface area contributed by atoms with Crippen LogP contribution in [0.3, 0.4) is 0 Å². The molecule has 0 bridgehead atoms. The summed E-state index contributed by atoms with van der Waals surface area (Å²) < 4.78 is 0. The quantitative estimate of drug-likeness (QED) is 0.336. The van der Waals surface area contributed by atoms with Crippen molar-refractivity contribution in [2.45, 2.75) is 39.2 Å². The van der Waals surface area contributed by atoms with Crippen molar-refractivity contribution in [2.75, 3.05) is 18.4 Å². The number of nitrogens with zero attached hydrogens (tertiary/aromatic N) is 3. The van der Waals surface area contributed by atoms with E-state index in [2.05, 4.69) is 20.2 Å². The molecule has 1 fully saturated rings. The molecule has 0 atom stereocenters. The largest absolute Gasteiger partial charge is 0.370 e. The van der Waals surface area contributed by atoms with Gasteiger partial charge in [-0.15, -0.1) is 11.3 Å². The molecule has 0 radical (unpaired) electrons. The fourth-order valence-corrected chi connectivity index (χ4v) is 4.60. The van der Waals surface area contributed by atoms with Crippen LogP contribution >= 0.6 is 11.3 Å². The van der Waals surface area contributed by atoms with Crippen LogP contribution in [0.4, 0.5) is 10.8 Å². The summed E-state index contributed by atoms with van der Waals surface area (Å²) >= 11 is 1.53. The predicted molar refractivity (Wildman–Crippen MR) is 120 cm³/mol. The average molecular weight is 429 g/mol. The van der Waals surface area contributed by atoms with E-state index in [9.17, 15) is 9.59 Å². The van der Waals surface area contributed by atoms with E-state index >= 15 is 0 Å². The molecule has 5 N–H and O–H groups in total. The van der Waals surface area contributed by atoms with Gasteiger partial charge in [0, 0.05) is 24.3 Å². The fraction of sp³-hybridized carbons (Fsp3) is 0.429. The molecule has 8 nitrogen and oxygen atoms in total. The van der Waals surface area contributed by atoms with Gasteiger partial charge in [-0.05, 0) is 56.5 Å². The minimum atomic E-state index is -0.121. The third-order valence-electron chi connectivity index (χ3n) is 5.10. The van der Waals surface area contributed by atoms with Crippen molar-refractivity contribution in [3.8, 4) is 0 Å². The van der Waals surface area contributed by atoms with Gasteiger partial charge in [0.2, 0.25) is 5.91 Å². The Morgan fingerprint density at radius 3 is 2.57 bits per heavy atom. The summed E-state index contributed by atoms with van der Waals surface area (Å²) in [4.78, 5) is 34.7. The maximum absolute atomic E-state index is 11.5. The first kappa shape index (κ1) is 21.9. The number of hydrogen-bond acceptors (Lipinski definition) is 6. The van der Waals surface area contributed by atoms with Gasteiger partial charge in [-0.3, -0.25) is 9.69 Å². The maximum atomic E-state index is 11.5. The number of piperidine rings is 1. The highest BCUT2D eigenvalue weighted by Gasteiger charge is 2.21. The second-order valence-electron chi connectivity index (χ2n) is 7.52. The lowest BCUT2D eigenvalue weighted by molar-refractivity contribution is -0.114. The van der Waals surface area contributed by atoms with Crippen LogP contribution in [0.2, 0.25) is 0 Å². The standard InChI is InChI=1S/C21H28N6O2S/c1-14(29)24-21-26-18(7-4-15-2-5-17(6-3-15)25-20(22)23)19(30-21)12-27-10-8-16(13-28)9-11-27/h2-3,5-6,13,16H,4,7-12H2,1H3,(H4,22,23,25)(H,24,26,29). The van der Waals surface area contributed by atoms with Crippen LogP contribution in [0.15, 0.2) is 29.3 Å². The number of carbonyl (C=O) groups excluding carboxylic acids is 2. The van der Waals surface area contributed by atoms with Crippen LogP contribution in [-0.2, 0) is 29.0 Å². The van der Waals surface area contributed by atoms with Crippen molar-refractivity contribution in [1.82, 2.24) is 9.88 Å². The lowest BCUT2D eigenvalue weighted by Crippen LogP contribution is -2.33. The highest BCUT2D eigenvalue weighted by atomic mass is 32.1. The second kappa shape index (κ2) is 10.3. The van der Waals surface area contributed by atoms with Gasteiger partial charge in [0.15, 0.2) is 11.1 Å². The van der Waals surface area contributed by atoms with Crippen molar-refractivity contribution in [1.29, 1.82) is 0 Å². The van der Waals surface area contributed by atoms with E-state index in [0.29, 0.717) is 5.13 Å². The van der Waals surface area contributed by atoms with Crippen molar-refractivity contribution in [3.63, 3.8) is 0 Å². The van der Waals surface area contributed by atoms with Gasteiger partial charge in [0.05, 0.1) is 11.4 Å². The number of guanidine groups is 1. The number of aldehydes is 1. The maximum Gasteiger partial charge on any atom is 0.223 e. The van der Waals surface area contributed by atoms with E-state index in [4.69, 9.17) is 11.5 Å². The number of carbonyl (C=O) groups is 2. The molecule has 0 aliphatic carbocycles. The Hall–Kier alpha value is -2.78. The van der Waals surface area contributed by atoms with Crippen molar-refractivity contribution in [2.24, 2.45) is 22.4 Å². The number of likely N-dealkylation sites (tertiary alicyclic amines) is 1. The van der Waals surface area contributed by atoms with Crippen molar-refractivity contribution < 1.29 is 9.59 Å². The Morgan fingerprint density at radius 2 is 1.97 bits per heavy atom. The third kappa shape index (κ3) is 6.36. The molecule has 0 unspecified atom stereocenters. The molecule has 0 saturated carbocycles. The Labute approximate surface area is 180 Å². The zero-order valence-corrected chi connectivity index (χ0v) is 18.0.